The van der Waals surface area contributed by atoms with Crippen LogP contribution in [0.1, 0.15) is 50.7 Å². The van der Waals surface area contributed by atoms with E-state index in [1.165, 1.54) is 6.07 Å². The molecule has 1 atom stereocenters. The van der Waals surface area contributed by atoms with Gasteiger partial charge in [-0.25, -0.2) is 4.39 Å². The highest BCUT2D eigenvalue weighted by Crippen LogP contribution is 2.45. The molecule has 20 heavy (non-hydrogen) atoms. The summed E-state index contributed by atoms with van der Waals surface area (Å²) in [6.45, 7) is 4.16. The molecule has 112 valence electrons. The Labute approximate surface area is 116 Å². The first-order valence-corrected chi connectivity index (χ1v) is 6.70. The van der Waals surface area contributed by atoms with Gasteiger partial charge in [0.15, 0.2) is 0 Å². The zero-order valence-electron chi connectivity index (χ0n) is 11.6. The van der Waals surface area contributed by atoms with Crippen LogP contribution in [0.4, 0.5) is 17.6 Å². The molecule has 1 aromatic carbocycles. The second kappa shape index (κ2) is 4.72. The smallest absolute Gasteiger partial charge is 0.321 e. The predicted octanol–water partition coefficient (Wildman–Crippen LogP) is 4.60. The lowest BCUT2D eigenvalue weighted by molar-refractivity contribution is -0.140. The average molecular weight is 289 g/mol. The lowest BCUT2D eigenvalue weighted by Crippen LogP contribution is -2.44. The number of nitrogens with two attached hydrogens (primary N) is 1. The zero-order chi connectivity index (χ0) is 15.2. The Morgan fingerprint density at radius 1 is 1.15 bits per heavy atom. The highest BCUT2D eigenvalue weighted by atomic mass is 19.4. The fraction of sp³-hybridized carbons (Fsp3) is 0.600. The lowest BCUT2D eigenvalue weighted by Gasteiger charge is -2.43. The number of hydrogen-bond acceptors (Lipinski definition) is 1. The SMILES string of the molecule is CC1(C)CCCC(N)(c2ccc(C(F)(F)F)c(F)c2)C1. The third-order valence-electron chi connectivity index (χ3n) is 4.12. The molecule has 5 heteroatoms. The van der Waals surface area contributed by atoms with Crippen molar-refractivity contribution in [3.05, 3.63) is 35.1 Å². The Kier molecular flexibility index (Phi) is 3.61. The molecular formula is C15H19F4N. The molecule has 1 nitrogen and oxygen atoms in total. The van der Waals surface area contributed by atoms with Gasteiger partial charge in [-0.1, -0.05) is 26.3 Å². The van der Waals surface area contributed by atoms with Crippen molar-refractivity contribution in [2.45, 2.75) is 51.2 Å². The fourth-order valence-electron chi connectivity index (χ4n) is 3.21. The second-order valence-electron chi connectivity index (χ2n) is 6.54. The number of halogens is 4. The first kappa shape index (κ1) is 15.3. The highest BCUT2D eigenvalue weighted by molar-refractivity contribution is 5.32. The molecule has 1 aliphatic carbocycles. The van der Waals surface area contributed by atoms with Crippen molar-refractivity contribution in [2.24, 2.45) is 11.1 Å². The second-order valence-corrected chi connectivity index (χ2v) is 6.54. The molecule has 0 amide bonds. The quantitative estimate of drug-likeness (QED) is 0.751. The minimum absolute atomic E-state index is 0.0200. The van der Waals surface area contributed by atoms with Gasteiger partial charge in [0.05, 0.1) is 5.56 Å². The molecule has 1 saturated carbocycles. The Morgan fingerprint density at radius 3 is 2.30 bits per heavy atom. The van der Waals surface area contributed by atoms with Crippen LogP contribution in [-0.2, 0) is 11.7 Å². The number of alkyl halides is 3. The standard InChI is InChI=1S/C15H19F4N/c1-13(2)6-3-7-14(20,9-13)10-4-5-11(12(16)8-10)15(17,18)19/h4-5,8H,3,6-7,9,20H2,1-2H3. The van der Waals surface area contributed by atoms with E-state index >= 15 is 0 Å². The third-order valence-corrected chi connectivity index (χ3v) is 4.12. The summed E-state index contributed by atoms with van der Waals surface area (Å²) in [6, 6.07) is 3.05. The van der Waals surface area contributed by atoms with Crippen molar-refractivity contribution in [2.75, 3.05) is 0 Å². The molecule has 0 aromatic heterocycles. The Hall–Kier alpha value is -1.10. The molecule has 0 spiro atoms. The molecule has 0 saturated heterocycles. The van der Waals surface area contributed by atoms with Gasteiger partial charge in [-0.05, 0) is 42.4 Å². The van der Waals surface area contributed by atoms with Crippen molar-refractivity contribution in [1.29, 1.82) is 0 Å². The van der Waals surface area contributed by atoms with Crippen molar-refractivity contribution in [1.82, 2.24) is 0 Å². The van der Waals surface area contributed by atoms with Gasteiger partial charge in [-0.2, -0.15) is 13.2 Å². The van der Waals surface area contributed by atoms with Crippen LogP contribution in [0.5, 0.6) is 0 Å². The number of benzene rings is 1. The molecule has 1 fully saturated rings. The van der Waals surface area contributed by atoms with Crippen molar-refractivity contribution in [3.8, 4) is 0 Å². The normalized spacial score (nSPS) is 26.6. The number of rotatable bonds is 1. The maximum atomic E-state index is 13.7. The number of hydrogen-bond donors (Lipinski definition) is 1. The van der Waals surface area contributed by atoms with Gasteiger partial charge in [0.1, 0.15) is 5.82 Å². The molecule has 1 unspecified atom stereocenters. The predicted molar refractivity (Wildman–Crippen MR) is 69.5 cm³/mol. The van der Waals surface area contributed by atoms with Gasteiger partial charge < -0.3 is 5.73 Å². The fourth-order valence-corrected chi connectivity index (χ4v) is 3.21. The molecule has 1 aliphatic rings. The van der Waals surface area contributed by atoms with E-state index in [-0.39, 0.29) is 5.41 Å². The first-order chi connectivity index (χ1) is 9.04. The molecule has 0 bridgehead atoms. The van der Waals surface area contributed by atoms with E-state index in [9.17, 15) is 17.6 Å². The van der Waals surface area contributed by atoms with Gasteiger partial charge >= 0.3 is 6.18 Å². The summed E-state index contributed by atoms with van der Waals surface area (Å²) < 4.78 is 51.4. The summed E-state index contributed by atoms with van der Waals surface area (Å²) in [5.41, 5.74) is 4.83. The van der Waals surface area contributed by atoms with Crippen LogP contribution >= 0.6 is 0 Å². The molecule has 1 aromatic rings. The van der Waals surface area contributed by atoms with E-state index in [0.29, 0.717) is 18.4 Å². The Balaban J connectivity index is 2.36. The molecule has 2 rings (SSSR count). The summed E-state index contributed by atoms with van der Waals surface area (Å²) in [5, 5.41) is 0. The monoisotopic (exact) mass is 289 g/mol. The van der Waals surface area contributed by atoms with E-state index in [0.717, 1.165) is 25.0 Å². The van der Waals surface area contributed by atoms with Crippen molar-refractivity contribution >= 4 is 0 Å². The summed E-state index contributed by atoms with van der Waals surface area (Å²) in [5.74, 6) is -1.25. The van der Waals surface area contributed by atoms with Crippen LogP contribution in [0.25, 0.3) is 0 Å². The largest absolute Gasteiger partial charge is 0.419 e. The van der Waals surface area contributed by atoms with Crippen LogP contribution < -0.4 is 5.73 Å². The minimum atomic E-state index is -4.67. The summed E-state index contributed by atoms with van der Waals surface area (Å²) in [4.78, 5) is 0. The van der Waals surface area contributed by atoms with E-state index < -0.39 is 23.1 Å². The van der Waals surface area contributed by atoms with E-state index in [4.69, 9.17) is 5.73 Å². The van der Waals surface area contributed by atoms with Crippen LogP contribution in [0.3, 0.4) is 0 Å². The topological polar surface area (TPSA) is 26.0 Å². The van der Waals surface area contributed by atoms with Gasteiger partial charge in [-0.3, -0.25) is 0 Å². The first-order valence-electron chi connectivity index (χ1n) is 6.70. The maximum absolute atomic E-state index is 13.7. The molecule has 0 radical (unpaired) electrons. The molecular weight excluding hydrogens is 270 g/mol. The zero-order valence-corrected chi connectivity index (χ0v) is 11.6. The molecule has 2 N–H and O–H groups in total. The van der Waals surface area contributed by atoms with Crippen LogP contribution in [-0.4, -0.2) is 0 Å². The summed E-state index contributed by atoms with van der Waals surface area (Å²) >= 11 is 0. The van der Waals surface area contributed by atoms with Crippen molar-refractivity contribution in [3.63, 3.8) is 0 Å². The van der Waals surface area contributed by atoms with Crippen LogP contribution in [0, 0.1) is 11.2 Å². The van der Waals surface area contributed by atoms with Gasteiger partial charge in [0.25, 0.3) is 0 Å². The van der Waals surface area contributed by atoms with E-state index in [2.05, 4.69) is 13.8 Å². The van der Waals surface area contributed by atoms with E-state index in [1.807, 2.05) is 0 Å². The minimum Gasteiger partial charge on any atom is -0.321 e. The highest BCUT2D eigenvalue weighted by Gasteiger charge is 2.40. The van der Waals surface area contributed by atoms with Gasteiger partial charge in [0.2, 0.25) is 0 Å². The lowest BCUT2D eigenvalue weighted by atomic mass is 9.66. The molecule has 0 heterocycles. The van der Waals surface area contributed by atoms with Gasteiger partial charge in [-0.15, -0.1) is 0 Å². The summed E-state index contributed by atoms with van der Waals surface area (Å²) in [7, 11) is 0. The van der Waals surface area contributed by atoms with Crippen molar-refractivity contribution < 1.29 is 17.6 Å². The third kappa shape index (κ3) is 2.97. The van der Waals surface area contributed by atoms with E-state index in [1.54, 1.807) is 0 Å². The summed E-state index contributed by atoms with van der Waals surface area (Å²) in [6.07, 6.45) is -1.44. The van der Waals surface area contributed by atoms with Crippen LogP contribution in [0.2, 0.25) is 0 Å². The molecule has 0 aliphatic heterocycles. The van der Waals surface area contributed by atoms with Crippen LogP contribution in [0.15, 0.2) is 18.2 Å². The average Bonchev–Trinajstić information content (AvgIpc) is 2.25. The van der Waals surface area contributed by atoms with Gasteiger partial charge in [0, 0.05) is 5.54 Å². The Morgan fingerprint density at radius 2 is 1.80 bits per heavy atom. The maximum Gasteiger partial charge on any atom is 0.419 e. The Bertz CT molecular complexity index is 507.